The highest BCUT2D eigenvalue weighted by Crippen LogP contribution is 2.41. The van der Waals surface area contributed by atoms with Crippen molar-refractivity contribution in [3.05, 3.63) is 72.1 Å². The molecule has 2 amide bonds. The van der Waals surface area contributed by atoms with E-state index in [2.05, 4.69) is 22.2 Å². The molecule has 2 aromatic carbocycles. The normalized spacial score (nSPS) is 21.6. The highest BCUT2D eigenvalue weighted by Gasteiger charge is 2.45. The summed E-state index contributed by atoms with van der Waals surface area (Å²) in [6, 6.07) is 15.8. The number of nitrogens with zero attached hydrogens (tertiary/aromatic N) is 2. The van der Waals surface area contributed by atoms with Gasteiger partial charge in [-0.15, -0.1) is 0 Å². The number of aromatic nitrogens is 2. The van der Waals surface area contributed by atoms with E-state index in [1.54, 1.807) is 17.6 Å². The Morgan fingerprint density at radius 3 is 2.38 bits per heavy atom. The number of amides is 2. The Kier molecular flexibility index (Phi) is 9.61. The Bertz CT molecular complexity index is 1250. The van der Waals surface area contributed by atoms with E-state index in [4.69, 9.17) is 0 Å². The number of aliphatic hydroxyl groups is 2. The monoisotopic (exact) mass is 534 g/mol. The van der Waals surface area contributed by atoms with Crippen molar-refractivity contribution < 1.29 is 25.0 Å². The molecule has 208 valence electrons. The van der Waals surface area contributed by atoms with Crippen molar-refractivity contribution >= 4 is 22.8 Å². The van der Waals surface area contributed by atoms with Gasteiger partial charge in [-0.2, -0.15) is 0 Å². The lowest BCUT2D eigenvalue weighted by atomic mass is 9.69. The molecular formula is C30H38N4O5. The SMILES string of the molecule is CCCC1CCC(O)([C@H](C[C@H](O)[C@H](Cc2ccccc2)NC(=O)c2cnc3ccccc3n2)C(=O)NO)CC1. The maximum Gasteiger partial charge on any atom is 0.271 e. The fourth-order valence-electron chi connectivity index (χ4n) is 5.74. The molecule has 0 spiro atoms. The van der Waals surface area contributed by atoms with Crippen LogP contribution in [0.2, 0.25) is 0 Å². The zero-order valence-electron chi connectivity index (χ0n) is 22.3. The third-order valence-electron chi connectivity index (χ3n) is 7.98. The number of carbonyl (C=O) groups is 2. The van der Waals surface area contributed by atoms with Crippen LogP contribution in [-0.4, -0.2) is 54.9 Å². The number of aliphatic hydroxyl groups excluding tert-OH is 1. The molecule has 5 N–H and O–H groups in total. The van der Waals surface area contributed by atoms with Gasteiger partial charge in [0.1, 0.15) is 5.69 Å². The fourth-order valence-corrected chi connectivity index (χ4v) is 5.74. The van der Waals surface area contributed by atoms with Crippen molar-refractivity contribution in [2.75, 3.05) is 0 Å². The average Bonchev–Trinajstić information content (AvgIpc) is 2.96. The number of fused-ring (bicyclic) bond motifs is 1. The minimum atomic E-state index is -1.36. The van der Waals surface area contributed by atoms with Crippen molar-refractivity contribution in [2.45, 2.75) is 76.0 Å². The molecule has 4 rings (SSSR count). The summed E-state index contributed by atoms with van der Waals surface area (Å²) in [6.07, 6.45) is 4.85. The molecule has 1 heterocycles. The maximum absolute atomic E-state index is 13.2. The first-order chi connectivity index (χ1) is 18.8. The minimum Gasteiger partial charge on any atom is -0.391 e. The second kappa shape index (κ2) is 13.1. The number of nitrogens with one attached hydrogen (secondary N) is 2. The molecule has 1 fully saturated rings. The van der Waals surface area contributed by atoms with Gasteiger partial charge in [0.2, 0.25) is 5.91 Å². The van der Waals surface area contributed by atoms with E-state index >= 15 is 0 Å². The zero-order chi connectivity index (χ0) is 27.8. The molecule has 3 atom stereocenters. The molecular weight excluding hydrogens is 496 g/mol. The topological polar surface area (TPSA) is 145 Å². The van der Waals surface area contributed by atoms with E-state index in [0.717, 1.165) is 31.2 Å². The summed E-state index contributed by atoms with van der Waals surface area (Å²) in [7, 11) is 0. The van der Waals surface area contributed by atoms with Crippen LogP contribution < -0.4 is 10.8 Å². The van der Waals surface area contributed by atoms with E-state index in [9.17, 15) is 25.0 Å². The zero-order valence-corrected chi connectivity index (χ0v) is 22.3. The minimum absolute atomic E-state index is 0.108. The first kappa shape index (κ1) is 28.6. The molecule has 0 saturated heterocycles. The standard InChI is InChI=1S/C30H38N4O5/c1-2-8-20-13-15-30(38,16-14-20)22(28(36)34-39)18-27(35)25(17-21-9-4-3-5-10-21)33-29(37)26-19-31-23-11-6-7-12-24(23)32-26/h3-7,9-12,19-20,22,25,27,35,38-39H,2,8,13-18H2,1H3,(H,33,37)(H,34,36)/t20?,22-,25+,27+,30?/m1/s1. The molecule has 9 heteroatoms. The van der Waals surface area contributed by atoms with Crippen LogP contribution in [0.4, 0.5) is 0 Å². The Balaban J connectivity index is 1.55. The van der Waals surface area contributed by atoms with Gasteiger partial charge in [0, 0.05) is 0 Å². The van der Waals surface area contributed by atoms with Crippen LogP contribution in [0.3, 0.4) is 0 Å². The van der Waals surface area contributed by atoms with Crippen LogP contribution in [0.5, 0.6) is 0 Å². The molecule has 1 saturated carbocycles. The van der Waals surface area contributed by atoms with Crippen molar-refractivity contribution in [3.63, 3.8) is 0 Å². The van der Waals surface area contributed by atoms with Crippen LogP contribution in [0, 0.1) is 11.8 Å². The lowest BCUT2D eigenvalue weighted by molar-refractivity contribution is -0.150. The number of hydrogen-bond acceptors (Lipinski definition) is 7. The number of para-hydroxylation sites is 2. The fraction of sp³-hybridized carbons (Fsp3) is 0.467. The Labute approximate surface area is 228 Å². The quantitative estimate of drug-likeness (QED) is 0.187. The molecule has 0 radical (unpaired) electrons. The lowest BCUT2D eigenvalue weighted by Crippen LogP contribution is -2.53. The van der Waals surface area contributed by atoms with Gasteiger partial charge in [0.15, 0.2) is 0 Å². The van der Waals surface area contributed by atoms with E-state index in [0.29, 0.717) is 36.2 Å². The predicted octanol–water partition coefficient (Wildman–Crippen LogP) is 3.56. The van der Waals surface area contributed by atoms with Gasteiger partial charge >= 0.3 is 0 Å². The Morgan fingerprint density at radius 2 is 1.72 bits per heavy atom. The molecule has 0 unspecified atom stereocenters. The van der Waals surface area contributed by atoms with Gasteiger partial charge in [0.25, 0.3) is 5.91 Å². The smallest absolute Gasteiger partial charge is 0.271 e. The molecule has 39 heavy (non-hydrogen) atoms. The van der Waals surface area contributed by atoms with Gasteiger partial charge in [-0.05, 0) is 62.1 Å². The summed E-state index contributed by atoms with van der Waals surface area (Å²) in [5.74, 6) is -1.80. The average molecular weight is 535 g/mol. The van der Waals surface area contributed by atoms with Crippen LogP contribution in [0.25, 0.3) is 11.0 Å². The summed E-state index contributed by atoms with van der Waals surface area (Å²) < 4.78 is 0. The van der Waals surface area contributed by atoms with Gasteiger partial charge in [-0.25, -0.2) is 10.5 Å². The van der Waals surface area contributed by atoms with E-state index in [1.807, 2.05) is 42.5 Å². The Hall–Kier alpha value is -3.40. The van der Waals surface area contributed by atoms with E-state index < -0.39 is 35.5 Å². The third-order valence-corrected chi connectivity index (χ3v) is 7.98. The highest BCUT2D eigenvalue weighted by atomic mass is 16.5. The second-order valence-corrected chi connectivity index (χ2v) is 10.7. The Morgan fingerprint density at radius 1 is 1.05 bits per heavy atom. The second-order valence-electron chi connectivity index (χ2n) is 10.7. The first-order valence-corrected chi connectivity index (χ1v) is 13.7. The molecule has 9 nitrogen and oxygen atoms in total. The molecule has 0 aliphatic heterocycles. The van der Waals surface area contributed by atoms with Crippen molar-refractivity contribution in [2.24, 2.45) is 11.8 Å². The molecule has 1 aliphatic rings. The summed E-state index contributed by atoms with van der Waals surface area (Å²) in [5.41, 5.74) is 2.56. The van der Waals surface area contributed by atoms with Crippen molar-refractivity contribution in [1.82, 2.24) is 20.8 Å². The van der Waals surface area contributed by atoms with Crippen LogP contribution in [0.1, 0.15) is 67.9 Å². The number of hydrogen-bond donors (Lipinski definition) is 5. The third kappa shape index (κ3) is 7.17. The van der Waals surface area contributed by atoms with E-state index in [-0.39, 0.29) is 12.1 Å². The largest absolute Gasteiger partial charge is 0.391 e. The van der Waals surface area contributed by atoms with Crippen molar-refractivity contribution in [3.8, 4) is 0 Å². The molecule has 1 aromatic heterocycles. The summed E-state index contributed by atoms with van der Waals surface area (Å²) in [5, 5.41) is 35.3. The van der Waals surface area contributed by atoms with Gasteiger partial charge in [0.05, 0.1) is 40.9 Å². The number of hydroxylamine groups is 1. The van der Waals surface area contributed by atoms with Crippen LogP contribution in [-0.2, 0) is 11.2 Å². The van der Waals surface area contributed by atoms with Gasteiger partial charge in [-0.1, -0.05) is 62.2 Å². The molecule has 1 aliphatic carbocycles. The molecule has 3 aromatic rings. The molecule has 0 bridgehead atoms. The summed E-state index contributed by atoms with van der Waals surface area (Å²) >= 11 is 0. The van der Waals surface area contributed by atoms with Crippen LogP contribution >= 0.6 is 0 Å². The predicted molar refractivity (Wildman–Crippen MR) is 147 cm³/mol. The van der Waals surface area contributed by atoms with Crippen molar-refractivity contribution in [1.29, 1.82) is 0 Å². The number of carbonyl (C=O) groups excluding carboxylic acids is 2. The highest BCUT2D eigenvalue weighted by molar-refractivity contribution is 5.94. The van der Waals surface area contributed by atoms with Gasteiger partial charge < -0.3 is 15.5 Å². The summed E-state index contributed by atoms with van der Waals surface area (Å²) in [4.78, 5) is 34.7. The number of rotatable bonds is 11. The first-order valence-electron chi connectivity index (χ1n) is 13.7. The maximum atomic E-state index is 13.2. The lowest BCUT2D eigenvalue weighted by Gasteiger charge is -2.42. The van der Waals surface area contributed by atoms with Gasteiger partial charge in [-0.3, -0.25) is 19.8 Å². The van der Waals surface area contributed by atoms with E-state index in [1.165, 1.54) is 6.20 Å². The summed E-state index contributed by atoms with van der Waals surface area (Å²) in [6.45, 7) is 2.13. The van der Waals surface area contributed by atoms with Crippen LogP contribution in [0.15, 0.2) is 60.8 Å². The number of benzene rings is 2.